The van der Waals surface area contributed by atoms with Crippen molar-refractivity contribution in [1.82, 2.24) is 0 Å². The van der Waals surface area contributed by atoms with E-state index in [1.165, 1.54) is 36.0 Å². The average molecular weight is 247 g/mol. The molecule has 0 bridgehead atoms. The summed E-state index contributed by atoms with van der Waals surface area (Å²) in [6.45, 7) is 9.94. The molecule has 0 aromatic heterocycles. The Kier molecular flexibility index (Phi) is 6.42. The lowest BCUT2D eigenvalue weighted by atomic mass is 9.89. The Balaban J connectivity index is 2.77. The third-order valence-corrected chi connectivity index (χ3v) is 3.61. The van der Waals surface area contributed by atoms with Crippen LogP contribution in [0.15, 0.2) is 18.2 Å². The van der Waals surface area contributed by atoms with E-state index in [1.807, 2.05) is 0 Å². The molecule has 1 heteroatoms. The molecule has 0 spiro atoms. The summed E-state index contributed by atoms with van der Waals surface area (Å²) in [7, 11) is 0. The topological polar surface area (TPSA) is 26.0 Å². The fourth-order valence-electron chi connectivity index (χ4n) is 2.37. The Labute approximate surface area is 113 Å². The standard InChI is InChI=1S/C17H29N/c1-13(2)16-10-9-15(8-6-5-7-11-18)17(12-16)14(3)4/h9-10,12-14H,5-8,11,18H2,1-4H3. The predicted molar refractivity (Wildman–Crippen MR) is 81.2 cm³/mol. The van der Waals surface area contributed by atoms with Crippen LogP contribution in [-0.2, 0) is 6.42 Å². The summed E-state index contributed by atoms with van der Waals surface area (Å²) in [6, 6.07) is 7.05. The van der Waals surface area contributed by atoms with Crippen LogP contribution in [0.4, 0.5) is 0 Å². The van der Waals surface area contributed by atoms with Gasteiger partial charge in [-0.25, -0.2) is 0 Å². The van der Waals surface area contributed by atoms with Gasteiger partial charge in [-0.15, -0.1) is 0 Å². The van der Waals surface area contributed by atoms with Crippen LogP contribution in [0.2, 0.25) is 0 Å². The average Bonchev–Trinajstić information content (AvgIpc) is 2.34. The number of unbranched alkanes of at least 4 members (excludes halogenated alkanes) is 2. The van der Waals surface area contributed by atoms with E-state index in [0.29, 0.717) is 11.8 Å². The molecule has 2 N–H and O–H groups in total. The van der Waals surface area contributed by atoms with Crippen molar-refractivity contribution in [1.29, 1.82) is 0 Å². The zero-order valence-corrected chi connectivity index (χ0v) is 12.5. The lowest BCUT2D eigenvalue weighted by Gasteiger charge is -2.16. The first kappa shape index (κ1) is 15.2. The van der Waals surface area contributed by atoms with Crippen LogP contribution in [0.25, 0.3) is 0 Å². The number of hydrogen-bond acceptors (Lipinski definition) is 1. The van der Waals surface area contributed by atoms with Gasteiger partial charge in [-0.2, -0.15) is 0 Å². The van der Waals surface area contributed by atoms with Crippen molar-refractivity contribution in [3.8, 4) is 0 Å². The summed E-state index contributed by atoms with van der Waals surface area (Å²) in [5, 5.41) is 0. The maximum absolute atomic E-state index is 5.54. The molecule has 1 rings (SSSR count). The first-order valence-corrected chi connectivity index (χ1v) is 7.39. The van der Waals surface area contributed by atoms with Crippen LogP contribution in [0.3, 0.4) is 0 Å². The molecule has 0 saturated heterocycles. The lowest BCUT2D eigenvalue weighted by molar-refractivity contribution is 0.679. The van der Waals surface area contributed by atoms with E-state index in [2.05, 4.69) is 45.9 Å². The van der Waals surface area contributed by atoms with Gasteiger partial charge in [0, 0.05) is 0 Å². The van der Waals surface area contributed by atoms with Crippen LogP contribution in [-0.4, -0.2) is 6.54 Å². The number of benzene rings is 1. The molecule has 0 amide bonds. The minimum absolute atomic E-state index is 0.619. The van der Waals surface area contributed by atoms with E-state index >= 15 is 0 Å². The van der Waals surface area contributed by atoms with Crippen LogP contribution >= 0.6 is 0 Å². The number of rotatable bonds is 7. The molecule has 0 saturated carbocycles. The van der Waals surface area contributed by atoms with Gasteiger partial charge < -0.3 is 5.73 Å². The minimum atomic E-state index is 0.619. The number of aryl methyl sites for hydroxylation is 1. The second kappa shape index (κ2) is 7.58. The zero-order chi connectivity index (χ0) is 13.5. The van der Waals surface area contributed by atoms with Gasteiger partial charge in [0.25, 0.3) is 0 Å². The van der Waals surface area contributed by atoms with E-state index in [-0.39, 0.29) is 0 Å². The van der Waals surface area contributed by atoms with Gasteiger partial charge in [0.15, 0.2) is 0 Å². The van der Waals surface area contributed by atoms with Crippen molar-refractivity contribution in [2.24, 2.45) is 5.73 Å². The number of hydrogen-bond donors (Lipinski definition) is 1. The highest BCUT2D eigenvalue weighted by Crippen LogP contribution is 2.26. The van der Waals surface area contributed by atoms with E-state index in [1.54, 1.807) is 0 Å². The molecule has 1 aromatic carbocycles. The Morgan fingerprint density at radius 3 is 2.22 bits per heavy atom. The third-order valence-electron chi connectivity index (χ3n) is 3.61. The molecule has 0 heterocycles. The normalized spacial score (nSPS) is 11.5. The van der Waals surface area contributed by atoms with Crippen LogP contribution < -0.4 is 5.73 Å². The summed E-state index contributed by atoms with van der Waals surface area (Å²) in [4.78, 5) is 0. The van der Waals surface area contributed by atoms with E-state index in [9.17, 15) is 0 Å². The summed E-state index contributed by atoms with van der Waals surface area (Å²) >= 11 is 0. The highest BCUT2D eigenvalue weighted by molar-refractivity contribution is 5.35. The first-order valence-electron chi connectivity index (χ1n) is 7.39. The highest BCUT2D eigenvalue weighted by Gasteiger charge is 2.09. The van der Waals surface area contributed by atoms with Crippen LogP contribution in [0, 0.1) is 0 Å². The molecule has 0 aliphatic heterocycles. The molecule has 0 radical (unpaired) electrons. The Morgan fingerprint density at radius 1 is 0.944 bits per heavy atom. The minimum Gasteiger partial charge on any atom is -0.330 e. The lowest BCUT2D eigenvalue weighted by Crippen LogP contribution is -2.01. The van der Waals surface area contributed by atoms with Gasteiger partial charge in [0.2, 0.25) is 0 Å². The first-order chi connectivity index (χ1) is 8.56. The summed E-state index contributed by atoms with van der Waals surface area (Å²) in [5.41, 5.74) is 10.1. The highest BCUT2D eigenvalue weighted by atomic mass is 14.5. The zero-order valence-electron chi connectivity index (χ0n) is 12.5. The van der Waals surface area contributed by atoms with Crippen molar-refractivity contribution in [3.63, 3.8) is 0 Å². The predicted octanol–water partition coefficient (Wildman–Crippen LogP) is 4.60. The molecule has 1 nitrogen and oxygen atoms in total. The molecular formula is C17H29N. The Bertz CT molecular complexity index is 353. The van der Waals surface area contributed by atoms with Gasteiger partial charge in [-0.3, -0.25) is 0 Å². The molecule has 102 valence electrons. The van der Waals surface area contributed by atoms with E-state index in [0.717, 1.165) is 13.0 Å². The second-order valence-corrected chi connectivity index (χ2v) is 5.87. The Hall–Kier alpha value is -0.820. The maximum Gasteiger partial charge on any atom is -0.00773 e. The van der Waals surface area contributed by atoms with Gasteiger partial charge >= 0.3 is 0 Å². The van der Waals surface area contributed by atoms with Crippen molar-refractivity contribution in [2.75, 3.05) is 6.54 Å². The maximum atomic E-state index is 5.54. The van der Waals surface area contributed by atoms with Gasteiger partial charge in [0.1, 0.15) is 0 Å². The third kappa shape index (κ3) is 4.45. The van der Waals surface area contributed by atoms with Crippen molar-refractivity contribution < 1.29 is 0 Å². The molecule has 0 atom stereocenters. The van der Waals surface area contributed by atoms with E-state index in [4.69, 9.17) is 5.73 Å². The van der Waals surface area contributed by atoms with Crippen LogP contribution in [0.5, 0.6) is 0 Å². The number of nitrogens with two attached hydrogens (primary N) is 1. The Morgan fingerprint density at radius 2 is 1.67 bits per heavy atom. The van der Waals surface area contributed by atoms with Gasteiger partial charge in [-0.05, 0) is 54.3 Å². The molecule has 1 aromatic rings. The molecule has 0 aliphatic rings. The molecule has 18 heavy (non-hydrogen) atoms. The SMILES string of the molecule is CC(C)c1ccc(CCCCCN)c(C(C)C)c1. The molecule has 0 fully saturated rings. The quantitative estimate of drug-likeness (QED) is 0.700. The fourth-order valence-corrected chi connectivity index (χ4v) is 2.37. The molecular weight excluding hydrogens is 218 g/mol. The summed E-state index contributed by atoms with van der Waals surface area (Å²) in [5.74, 6) is 1.24. The van der Waals surface area contributed by atoms with Gasteiger partial charge in [-0.1, -0.05) is 52.3 Å². The summed E-state index contributed by atoms with van der Waals surface area (Å²) in [6.07, 6.45) is 4.87. The summed E-state index contributed by atoms with van der Waals surface area (Å²) < 4.78 is 0. The van der Waals surface area contributed by atoms with Crippen molar-refractivity contribution in [2.45, 2.75) is 65.2 Å². The second-order valence-electron chi connectivity index (χ2n) is 5.87. The molecule has 0 unspecified atom stereocenters. The monoisotopic (exact) mass is 247 g/mol. The fraction of sp³-hybridized carbons (Fsp3) is 0.647. The van der Waals surface area contributed by atoms with Gasteiger partial charge in [0.05, 0.1) is 0 Å². The van der Waals surface area contributed by atoms with Crippen molar-refractivity contribution >= 4 is 0 Å². The van der Waals surface area contributed by atoms with Crippen LogP contribution in [0.1, 0.15) is 75.5 Å². The molecule has 0 aliphatic carbocycles. The van der Waals surface area contributed by atoms with Crippen molar-refractivity contribution in [3.05, 3.63) is 34.9 Å². The smallest absolute Gasteiger partial charge is 0.00773 e. The van der Waals surface area contributed by atoms with E-state index < -0.39 is 0 Å². The largest absolute Gasteiger partial charge is 0.330 e.